The molecule has 10 heteroatoms. The van der Waals surface area contributed by atoms with E-state index in [-0.39, 0.29) is 22.3 Å². The van der Waals surface area contributed by atoms with Crippen molar-refractivity contribution in [3.8, 4) is 22.5 Å². The van der Waals surface area contributed by atoms with Crippen molar-refractivity contribution in [2.24, 2.45) is 0 Å². The number of hydrogen-bond donors (Lipinski definition) is 1. The zero-order valence-corrected chi connectivity index (χ0v) is 19.6. The summed E-state index contributed by atoms with van der Waals surface area (Å²) in [6, 6.07) is 9.93. The van der Waals surface area contributed by atoms with Gasteiger partial charge in [-0.3, -0.25) is 10.1 Å². The van der Waals surface area contributed by atoms with Gasteiger partial charge >= 0.3 is 0 Å². The highest BCUT2D eigenvalue weighted by Gasteiger charge is 2.25. The molecule has 34 heavy (non-hydrogen) atoms. The summed E-state index contributed by atoms with van der Waals surface area (Å²) in [5, 5.41) is 7.61. The van der Waals surface area contributed by atoms with Gasteiger partial charge in [-0.05, 0) is 36.8 Å². The molecule has 0 amide bonds. The number of hydrogen-bond acceptors (Lipinski definition) is 7. The molecule has 1 atom stereocenters. The lowest BCUT2D eigenvalue weighted by Gasteiger charge is -2.34. The first-order valence-corrected chi connectivity index (χ1v) is 12.7. The first-order valence-electron chi connectivity index (χ1n) is 11.1. The zero-order valence-electron chi connectivity index (χ0n) is 18.8. The van der Waals surface area contributed by atoms with E-state index in [1.54, 1.807) is 36.7 Å². The number of benzene rings is 1. The summed E-state index contributed by atoms with van der Waals surface area (Å²) >= 11 is 0. The number of aromatic amines is 1. The fraction of sp³-hybridized carbons (Fsp3) is 0.292. The first kappa shape index (κ1) is 22.4. The molecule has 0 unspecified atom stereocenters. The normalized spacial score (nSPS) is 16.8. The smallest absolute Gasteiger partial charge is 0.181 e. The molecule has 3 aromatic heterocycles. The lowest BCUT2D eigenvalue weighted by atomic mass is 9.99. The van der Waals surface area contributed by atoms with E-state index < -0.39 is 15.7 Å². The first-order chi connectivity index (χ1) is 16.4. The van der Waals surface area contributed by atoms with Gasteiger partial charge in [0.05, 0.1) is 30.7 Å². The highest BCUT2D eigenvalue weighted by molar-refractivity contribution is 7.91. The molecule has 1 aliphatic rings. The van der Waals surface area contributed by atoms with Crippen molar-refractivity contribution in [1.29, 1.82) is 0 Å². The van der Waals surface area contributed by atoms with E-state index in [4.69, 9.17) is 9.72 Å². The number of fused-ring (bicyclic) bond motifs is 1. The Morgan fingerprint density at radius 2 is 2.06 bits per heavy atom. The fourth-order valence-electron chi connectivity index (χ4n) is 4.28. The number of H-pyrrole nitrogens is 1. The molecule has 1 saturated heterocycles. The molecule has 0 radical (unpaired) electrons. The maximum atomic E-state index is 15.7. The Labute approximate surface area is 196 Å². The van der Waals surface area contributed by atoms with Crippen LogP contribution in [0.25, 0.3) is 33.4 Å². The third kappa shape index (κ3) is 3.82. The Hall–Kier alpha value is -3.37. The van der Waals surface area contributed by atoms with Gasteiger partial charge in [-0.25, -0.2) is 17.8 Å². The molecular weight excluding hydrogens is 457 g/mol. The standard InChI is InChI=1S/C24H24FN5O3S/c1-3-34(31,32)20-6-4-5-16(22(20)25)18-13-21(30-11-12-33-14-15(30)2)28-23-17(18)7-9-26-24(23)19-8-10-27-29-19/h4-10,13,15H,3,11-12,14H2,1-2H3,(H,27,29)/t15-/m1/s1. The van der Waals surface area contributed by atoms with E-state index in [1.807, 2.05) is 13.0 Å². The van der Waals surface area contributed by atoms with E-state index in [0.717, 1.165) is 0 Å². The predicted molar refractivity (Wildman–Crippen MR) is 128 cm³/mol. The molecule has 5 rings (SSSR count). The van der Waals surface area contributed by atoms with Crippen molar-refractivity contribution in [3.63, 3.8) is 0 Å². The average molecular weight is 482 g/mol. The van der Waals surface area contributed by atoms with Crippen LogP contribution >= 0.6 is 0 Å². The lowest BCUT2D eigenvalue weighted by Crippen LogP contribution is -2.44. The molecular formula is C24H24FN5O3S. The van der Waals surface area contributed by atoms with Crippen LogP contribution in [0, 0.1) is 5.82 Å². The van der Waals surface area contributed by atoms with Crippen LogP contribution in [0.2, 0.25) is 0 Å². The molecule has 0 saturated carbocycles. The Balaban J connectivity index is 1.82. The van der Waals surface area contributed by atoms with E-state index >= 15 is 4.39 Å². The minimum atomic E-state index is -3.74. The van der Waals surface area contributed by atoms with Gasteiger partial charge in [-0.1, -0.05) is 19.1 Å². The van der Waals surface area contributed by atoms with Crippen LogP contribution in [0.3, 0.4) is 0 Å². The summed E-state index contributed by atoms with van der Waals surface area (Å²) in [6.45, 7) is 5.28. The van der Waals surface area contributed by atoms with Crippen molar-refractivity contribution in [2.75, 3.05) is 30.4 Å². The topological polar surface area (TPSA) is 101 Å². The van der Waals surface area contributed by atoms with Crippen molar-refractivity contribution < 1.29 is 17.5 Å². The molecule has 0 spiro atoms. The third-order valence-electron chi connectivity index (χ3n) is 6.10. The predicted octanol–water partition coefficient (Wildman–Crippen LogP) is 3.84. The summed E-state index contributed by atoms with van der Waals surface area (Å²) in [4.78, 5) is 11.3. The molecule has 0 bridgehead atoms. The van der Waals surface area contributed by atoms with Gasteiger partial charge < -0.3 is 9.64 Å². The summed E-state index contributed by atoms with van der Waals surface area (Å²) in [5.74, 6) is -0.303. The SMILES string of the molecule is CCS(=O)(=O)c1cccc(-c2cc(N3CCOC[C@H]3C)nc3c(-c4ccn[nH]4)nccc23)c1F. The largest absolute Gasteiger partial charge is 0.377 e. The van der Waals surface area contributed by atoms with Gasteiger partial charge in [-0.15, -0.1) is 0 Å². The number of rotatable bonds is 5. The average Bonchev–Trinajstić information content (AvgIpc) is 3.38. The Morgan fingerprint density at radius 3 is 2.79 bits per heavy atom. The quantitative estimate of drug-likeness (QED) is 0.462. The molecule has 4 aromatic rings. The summed E-state index contributed by atoms with van der Waals surface area (Å²) < 4.78 is 46.4. The zero-order chi connectivity index (χ0) is 23.9. The van der Waals surface area contributed by atoms with Gasteiger partial charge in [0, 0.05) is 29.9 Å². The van der Waals surface area contributed by atoms with Crippen molar-refractivity contribution in [2.45, 2.75) is 24.8 Å². The Kier molecular flexibility index (Phi) is 5.78. The fourth-order valence-corrected chi connectivity index (χ4v) is 5.25. The number of nitrogens with one attached hydrogen (secondary N) is 1. The monoisotopic (exact) mass is 481 g/mol. The highest BCUT2D eigenvalue weighted by atomic mass is 32.2. The second-order valence-corrected chi connectivity index (χ2v) is 10.4. The van der Waals surface area contributed by atoms with Crippen molar-refractivity contribution >= 4 is 26.6 Å². The molecule has 1 aromatic carbocycles. The number of ether oxygens (including phenoxy) is 1. The molecule has 8 nitrogen and oxygen atoms in total. The van der Waals surface area contributed by atoms with Gasteiger partial charge in [0.15, 0.2) is 9.84 Å². The minimum absolute atomic E-state index is 0.0653. The molecule has 0 aliphatic carbocycles. The van der Waals surface area contributed by atoms with E-state index in [0.29, 0.717) is 53.4 Å². The third-order valence-corrected chi connectivity index (χ3v) is 7.85. The molecule has 176 valence electrons. The van der Waals surface area contributed by atoms with Crippen molar-refractivity contribution in [3.05, 3.63) is 54.6 Å². The van der Waals surface area contributed by atoms with Crippen LogP contribution in [0.15, 0.2) is 53.7 Å². The number of halogens is 1. The van der Waals surface area contributed by atoms with E-state index in [1.165, 1.54) is 13.0 Å². The van der Waals surface area contributed by atoms with Gasteiger partial charge in [-0.2, -0.15) is 5.10 Å². The Bertz CT molecular complexity index is 1460. The highest BCUT2D eigenvalue weighted by Crippen LogP contribution is 2.37. The number of nitrogens with zero attached hydrogens (tertiary/aromatic N) is 4. The number of sulfone groups is 1. The van der Waals surface area contributed by atoms with Crippen LogP contribution in [0.4, 0.5) is 10.2 Å². The molecule has 1 N–H and O–H groups in total. The Morgan fingerprint density at radius 1 is 1.21 bits per heavy atom. The maximum absolute atomic E-state index is 15.7. The van der Waals surface area contributed by atoms with Gasteiger partial charge in [0.2, 0.25) is 0 Å². The second-order valence-electron chi connectivity index (χ2n) is 8.19. The maximum Gasteiger partial charge on any atom is 0.181 e. The lowest BCUT2D eigenvalue weighted by molar-refractivity contribution is 0.0986. The van der Waals surface area contributed by atoms with Gasteiger partial charge in [0.1, 0.15) is 27.7 Å². The van der Waals surface area contributed by atoms with Gasteiger partial charge in [0.25, 0.3) is 0 Å². The number of aromatic nitrogens is 4. The van der Waals surface area contributed by atoms with Crippen LogP contribution in [-0.2, 0) is 14.6 Å². The van der Waals surface area contributed by atoms with Crippen LogP contribution < -0.4 is 4.90 Å². The second kappa shape index (κ2) is 8.77. The van der Waals surface area contributed by atoms with Crippen molar-refractivity contribution in [1.82, 2.24) is 20.2 Å². The summed E-state index contributed by atoms with van der Waals surface area (Å²) in [7, 11) is -3.74. The molecule has 4 heterocycles. The number of morpholine rings is 1. The van der Waals surface area contributed by atoms with E-state index in [9.17, 15) is 8.42 Å². The molecule has 1 fully saturated rings. The summed E-state index contributed by atoms with van der Waals surface area (Å²) in [6.07, 6.45) is 3.26. The molecule has 1 aliphatic heterocycles. The van der Waals surface area contributed by atoms with Crippen LogP contribution in [0.1, 0.15) is 13.8 Å². The van der Waals surface area contributed by atoms with Crippen LogP contribution in [0.5, 0.6) is 0 Å². The van der Waals surface area contributed by atoms with Crippen LogP contribution in [-0.4, -0.2) is 60.1 Å². The minimum Gasteiger partial charge on any atom is -0.377 e. The summed E-state index contributed by atoms with van der Waals surface area (Å²) in [5.41, 5.74) is 2.58. The van der Waals surface area contributed by atoms with E-state index in [2.05, 4.69) is 20.1 Å². The number of anilines is 1. The number of pyridine rings is 2.